The van der Waals surface area contributed by atoms with Crippen LogP contribution in [0.3, 0.4) is 0 Å². The minimum atomic E-state index is -0.620. The van der Waals surface area contributed by atoms with Gasteiger partial charge >= 0.3 is 0 Å². The van der Waals surface area contributed by atoms with Gasteiger partial charge in [0.2, 0.25) is 5.78 Å². The number of carbonyl (C=O) groups is 2. The molecule has 6 heteroatoms. The molecule has 2 aromatic rings. The lowest BCUT2D eigenvalue weighted by molar-refractivity contribution is 0.0697. The average Bonchev–Trinajstić information content (AvgIpc) is 3.02. The first-order valence-corrected chi connectivity index (χ1v) is 8.23. The van der Waals surface area contributed by atoms with Crippen LogP contribution in [0.1, 0.15) is 32.2 Å². The van der Waals surface area contributed by atoms with Crippen molar-refractivity contribution in [2.75, 3.05) is 13.7 Å². The monoisotopic (exact) mass is 350 g/mol. The number of phenolic OH excluding ortho intramolecular Hbond substituents is 1. The third-order valence-corrected chi connectivity index (χ3v) is 5.13. The number of allylic oxidation sites excluding steroid dienone is 1. The molecule has 0 radical (unpaired) electrons. The highest BCUT2D eigenvalue weighted by molar-refractivity contribution is 6.26. The van der Waals surface area contributed by atoms with Crippen LogP contribution in [-0.2, 0) is 4.74 Å². The Labute approximate surface area is 148 Å². The summed E-state index contributed by atoms with van der Waals surface area (Å²) >= 11 is 0. The number of methoxy groups -OCH3 is 1. The highest BCUT2D eigenvalue weighted by Gasteiger charge is 2.49. The summed E-state index contributed by atoms with van der Waals surface area (Å²) in [4.78, 5) is 25.8. The van der Waals surface area contributed by atoms with Crippen molar-refractivity contribution in [2.45, 2.75) is 12.0 Å². The Bertz CT molecular complexity index is 1020. The smallest absolute Gasteiger partial charge is 0.228 e. The standard InChI is InChI=1S/C20H14O6/c1-24-15-6-11-12-8-25-20-16(19(12)26-14(11)7-13(15)21)17(22)9-4-2-3-5-10(9)18(20)23/h2-7,12,19,21H,8H2,1H3. The summed E-state index contributed by atoms with van der Waals surface area (Å²) in [7, 11) is 1.47. The zero-order valence-electron chi connectivity index (χ0n) is 13.8. The number of fused-ring (bicyclic) bond motifs is 5. The first-order chi connectivity index (χ1) is 12.6. The van der Waals surface area contributed by atoms with E-state index in [4.69, 9.17) is 14.2 Å². The van der Waals surface area contributed by atoms with Crippen molar-refractivity contribution in [3.05, 3.63) is 64.4 Å². The molecule has 1 aliphatic carbocycles. The van der Waals surface area contributed by atoms with E-state index in [0.717, 1.165) is 5.56 Å². The van der Waals surface area contributed by atoms with Crippen molar-refractivity contribution in [1.82, 2.24) is 0 Å². The minimum absolute atomic E-state index is 0.0450. The Balaban J connectivity index is 1.64. The molecule has 2 atom stereocenters. The van der Waals surface area contributed by atoms with E-state index in [9.17, 15) is 14.7 Å². The Morgan fingerprint density at radius 1 is 1.12 bits per heavy atom. The van der Waals surface area contributed by atoms with Gasteiger partial charge in [0, 0.05) is 22.8 Å². The zero-order chi connectivity index (χ0) is 18.0. The Kier molecular flexibility index (Phi) is 2.95. The molecule has 1 N–H and O–H groups in total. The lowest BCUT2D eigenvalue weighted by Crippen LogP contribution is -2.39. The summed E-state index contributed by atoms with van der Waals surface area (Å²) < 4.78 is 16.9. The number of Topliss-reactive ketones (excluding diaryl/α,β-unsaturated/α-hetero) is 2. The van der Waals surface area contributed by atoms with E-state index in [2.05, 4.69) is 0 Å². The van der Waals surface area contributed by atoms with Crippen LogP contribution >= 0.6 is 0 Å². The maximum atomic E-state index is 13.0. The van der Waals surface area contributed by atoms with E-state index in [-0.39, 0.29) is 41.2 Å². The molecule has 6 nitrogen and oxygen atoms in total. The molecule has 26 heavy (non-hydrogen) atoms. The van der Waals surface area contributed by atoms with Crippen LogP contribution in [-0.4, -0.2) is 36.5 Å². The summed E-state index contributed by atoms with van der Waals surface area (Å²) in [5, 5.41) is 10.00. The van der Waals surface area contributed by atoms with Gasteiger partial charge in [-0.25, -0.2) is 0 Å². The van der Waals surface area contributed by atoms with Gasteiger partial charge in [-0.2, -0.15) is 0 Å². The van der Waals surface area contributed by atoms with Crippen molar-refractivity contribution < 1.29 is 28.9 Å². The van der Waals surface area contributed by atoms with Crippen molar-refractivity contribution in [2.24, 2.45) is 0 Å². The molecule has 0 aromatic heterocycles. The minimum Gasteiger partial charge on any atom is -0.504 e. The van der Waals surface area contributed by atoms with Gasteiger partial charge in [-0.3, -0.25) is 9.59 Å². The second-order valence-electron chi connectivity index (χ2n) is 6.46. The molecule has 2 heterocycles. The number of aromatic hydroxyl groups is 1. The van der Waals surface area contributed by atoms with Gasteiger partial charge in [0.1, 0.15) is 11.9 Å². The van der Waals surface area contributed by atoms with Gasteiger partial charge in [-0.05, 0) is 6.07 Å². The maximum absolute atomic E-state index is 13.0. The molecule has 2 aromatic carbocycles. The number of ether oxygens (including phenoxy) is 3. The fourth-order valence-electron chi connectivity index (χ4n) is 3.89. The van der Waals surface area contributed by atoms with Crippen LogP contribution < -0.4 is 9.47 Å². The van der Waals surface area contributed by atoms with Crippen molar-refractivity contribution in [1.29, 1.82) is 0 Å². The molecule has 0 saturated carbocycles. The normalized spacial score (nSPS) is 22.7. The number of benzene rings is 2. The van der Waals surface area contributed by atoms with Crippen LogP contribution in [0.25, 0.3) is 0 Å². The molecule has 0 saturated heterocycles. The van der Waals surface area contributed by atoms with E-state index >= 15 is 0 Å². The van der Waals surface area contributed by atoms with E-state index in [1.807, 2.05) is 0 Å². The van der Waals surface area contributed by atoms with Gasteiger partial charge in [0.25, 0.3) is 0 Å². The highest BCUT2D eigenvalue weighted by atomic mass is 16.5. The molecule has 3 aliphatic rings. The predicted molar refractivity (Wildman–Crippen MR) is 89.9 cm³/mol. The molecule has 0 amide bonds. The molecule has 0 spiro atoms. The van der Waals surface area contributed by atoms with Crippen LogP contribution in [0.2, 0.25) is 0 Å². The van der Waals surface area contributed by atoms with Crippen molar-refractivity contribution in [3.63, 3.8) is 0 Å². The summed E-state index contributed by atoms with van der Waals surface area (Å²) in [6.07, 6.45) is -0.620. The molecule has 0 fully saturated rings. The third kappa shape index (κ3) is 1.81. The van der Waals surface area contributed by atoms with Gasteiger partial charge in [-0.1, -0.05) is 24.3 Å². The van der Waals surface area contributed by atoms with E-state index in [0.29, 0.717) is 22.6 Å². The molecule has 130 valence electrons. The first-order valence-electron chi connectivity index (χ1n) is 8.23. The number of hydrogen-bond acceptors (Lipinski definition) is 6. The summed E-state index contributed by atoms with van der Waals surface area (Å²) in [6, 6.07) is 9.87. The number of phenols is 1. The number of rotatable bonds is 1. The molecule has 2 unspecified atom stereocenters. The summed E-state index contributed by atoms with van der Waals surface area (Å²) in [5.41, 5.74) is 1.75. The Morgan fingerprint density at radius 3 is 2.58 bits per heavy atom. The van der Waals surface area contributed by atoms with Gasteiger partial charge in [-0.15, -0.1) is 0 Å². The zero-order valence-corrected chi connectivity index (χ0v) is 13.8. The molecule has 0 bridgehead atoms. The molecular weight excluding hydrogens is 336 g/mol. The van der Waals surface area contributed by atoms with Crippen LogP contribution in [0.5, 0.6) is 17.2 Å². The Morgan fingerprint density at radius 2 is 1.85 bits per heavy atom. The maximum Gasteiger partial charge on any atom is 0.228 e. The number of hydrogen-bond donors (Lipinski definition) is 1. The second kappa shape index (κ2) is 5.11. The van der Waals surface area contributed by atoms with Crippen LogP contribution in [0, 0.1) is 0 Å². The molecule has 2 aliphatic heterocycles. The highest BCUT2D eigenvalue weighted by Crippen LogP contribution is 2.49. The van der Waals surface area contributed by atoms with E-state index in [1.165, 1.54) is 13.2 Å². The predicted octanol–water partition coefficient (Wildman–Crippen LogP) is 2.61. The van der Waals surface area contributed by atoms with Gasteiger partial charge in [0.05, 0.1) is 25.2 Å². The van der Waals surface area contributed by atoms with E-state index in [1.54, 1.807) is 30.3 Å². The quantitative estimate of drug-likeness (QED) is 0.851. The van der Waals surface area contributed by atoms with Crippen molar-refractivity contribution >= 4 is 11.6 Å². The summed E-state index contributed by atoms with van der Waals surface area (Å²) in [5.74, 6) is 0.0112. The summed E-state index contributed by atoms with van der Waals surface area (Å²) in [6.45, 7) is 0.214. The fourth-order valence-corrected chi connectivity index (χ4v) is 3.89. The fraction of sp³-hybridized carbons (Fsp3) is 0.200. The van der Waals surface area contributed by atoms with E-state index < -0.39 is 6.10 Å². The number of ketones is 2. The van der Waals surface area contributed by atoms with Gasteiger partial charge in [0.15, 0.2) is 23.0 Å². The lowest BCUT2D eigenvalue weighted by atomic mass is 9.80. The third-order valence-electron chi connectivity index (χ3n) is 5.13. The number of carbonyl (C=O) groups excluding carboxylic acids is 2. The average molecular weight is 350 g/mol. The molecule has 5 rings (SSSR count). The Hall–Kier alpha value is -3.28. The van der Waals surface area contributed by atoms with Crippen molar-refractivity contribution in [3.8, 4) is 17.2 Å². The van der Waals surface area contributed by atoms with Crippen LogP contribution in [0.4, 0.5) is 0 Å². The largest absolute Gasteiger partial charge is 0.504 e. The molecular formula is C20H14O6. The second-order valence-corrected chi connectivity index (χ2v) is 6.46. The SMILES string of the molecule is COc1cc2c(cc1O)OC1C3=C(OCC21)C(=O)c1ccccc1C3=O. The first kappa shape index (κ1) is 15.0. The lowest BCUT2D eigenvalue weighted by Gasteiger charge is -2.31. The van der Waals surface area contributed by atoms with Crippen LogP contribution in [0.15, 0.2) is 47.7 Å². The van der Waals surface area contributed by atoms with Gasteiger partial charge < -0.3 is 19.3 Å². The topological polar surface area (TPSA) is 82.1 Å².